The van der Waals surface area contributed by atoms with Crippen LogP contribution in [-0.4, -0.2) is 19.1 Å². The molecule has 0 aliphatic carbocycles. The lowest BCUT2D eigenvalue weighted by Gasteiger charge is -2.24. The first-order valence-corrected chi connectivity index (χ1v) is 6.66. The summed E-state index contributed by atoms with van der Waals surface area (Å²) in [6, 6.07) is 6.12. The van der Waals surface area contributed by atoms with Crippen molar-refractivity contribution in [3.63, 3.8) is 0 Å². The molecule has 0 radical (unpaired) electrons. The van der Waals surface area contributed by atoms with Crippen LogP contribution in [-0.2, 0) is 12.7 Å². The highest BCUT2D eigenvalue weighted by molar-refractivity contribution is 5.29. The molecule has 1 atom stereocenters. The van der Waals surface area contributed by atoms with E-state index in [1.54, 1.807) is 6.07 Å². The van der Waals surface area contributed by atoms with Crippen LogP contribution in [0.15, 0.2) is 24.3 Å². The molecule has 1 aliphatic heterocycles. The minimum atomic E-state index is -4.28. The van der Waals surface area contributed by atoms with E-state index in [0.717, 1.165) is 19.0 Å². The van der Waals surface area contributed by atoms with Crippen LogP contribution in [0.1, 0.15) is 30.4 Å². The largest absolute Gasteiger partial charge is 0.416 e. The number of nitrogens with one attached hydrogen (secondary N) is 2. The Morgan fingerprint density at radius 3 is 2.68 bits per heavy atom. The van der Waals surface area contributed by atoms with E-state index in [1.807, 2.05) is 0 Å². The minimum Gasteiger partial charge on any atom is -0.313 e. The third-order valence-electron chi connectivity index (χ3n) is 3.44. The maximum absolute atomic E-state index is 12.8. The van der Waals surface area contributed by atoms with Crippen molar-refractivity contribution in [2.24, 2.45) is 0 Å². The summed E-state index contributed by atoms with van der Waals surface area (Å²) in [5, 5.41) is 6.49. The van der Waals surface area contributed by atoms with Gasteiger partial charge in [0.25, 0.3) is 0 Å². The molecule has 19 heavy (non-hydrogen) atoms. The van der Waals surface area contributed by atoms with Crippen molar-refractivity contribution in [2.45, 2.75) is 38.0 Å². The molecule has 0 bridgehead atoms. The zero-order valence-corrected chi connectivity index (χ0v) is 10.8. The molecule has 1 aliphatic rings. The Kier molecular flexibility index (Phi) is 4.82. The normalized spacial score (nSPS) is 20.5. The molecule has 2 rings (SSSR count). The molecule has 1 saturated heterocycles. The molecule has 2 nitrogen and oxygen atoms in total. The molecule has 1 fully saturated rings. The Labute approximate surface area is 111 Å². The Balaban J connectivity index is 1.88. The molecular formula is C14H19F3N2. The molecule has 1 heterocycles. The third kappa shape index (κ3) is 4.21. The van der Waals surface area contributed by atoms with Gasteiger partial charge in [0.15, 0.2) is 0 Å². The lowest BCUT2D eigenvalue weighted by Crippen LogP contribution is -2.41. The summed E-state index contributed by atoms with van der Waals surface area (Å²) < 4.78 is 38.4. The molecule has 0 aromatic heterocycles. The molecule has 1 aromatic carbocycles. The minimum absolute atomic E-state index is 0.258. The van der Waals surface area contributed by atoms with Gasteiger partial charge in [-0.3, -0.25) is 0 Å². The van der Waals surface area contributed by atoms with E-state index in [1.165, 1.54) is 25.0 Å². The van der Waals surface area contributed by atoms with Gasteiger partial charge in [-0.25, -0.2) is 0 Å². The Morgan fingerprint density at radius 2 is 2.00 bits per heavy atom. The second-order valence-electron chi connectivity index (χ2n) is 4.93. The average molecular weight is 272 g/mol. The average Bonchev–Trinajstić information content (AvgIpc) is 2.39. The van der Waals surface area contributed by atoms with Gasteiger partial charge in [-0.15, -0.1) is 0 Å². The lowest BCUT2D eigenvalue weighted by molar-refractivity contribution is -0.138. The van der Waals surface area contributed by atoms with Crippen molar-refractivity contribution in [1.29, 1.82) is 0 Å². The van der Waals surface area contributed by atoms with Gasteiger partial charge in [0.2, 0.25) is 0 Å². The summed E-state index contributed by atoms with van der Waals surface area (Å²) in [6.07, 6.45) is -0.804. The number of alkyl halides is 3. The van der Waals surface area contributed by atoms with Crippen LogP contribution in [0.5, 0.6) is 0 Å². The van der Waals surface area contributed by atoms with Crippen LogP contribution in [0.2, 0.25) is 0 Å². The molecule has 2 N–H and O–H groups in total. The van der Waals surface area contributed by atoms with E-state index in [4.69, 9.17) is 0 Å². The summed E-state index contributed by atoms with van der Waals surface area (Å²) in [4.78, 5) is 0. The Morgan fingerprint density at radius 1 is 1.21 bits per heavy atom. The molecule has 1 aromatic rings. The van der Waals surface area contributed by atoms with Crippen molar-refractivity contribution in [3.05, 3.63) is 35.4 Å². The van der Waals surface area contributed by atoms with E-state index in [-0.39, 0.29) is 6.54 Å². The van der Waals surface area contributed by atoms with E-state index in [0.29, 0.717) is 18.2 Å². The van der Waals surface area contributed by atoms with Crippen LogP contribution in [0.4, 0.5) is 13.2 Å². The Bertz CT molecular complexity index is 398. The van der Waals surface area contributed by atoms with Gasteiger partial charge < -0.3 is 10.6 Å². The number of piperidine rings is 1. The van der Waals surface area contributed by atoms with Crippen molar-refractivity contribution in [3.8, 4) is 0 Å². The highest BCUT2D eigenvalue weighted by Gasteiger charge is 2.32. The molecule has 0 spiro atoms. The zero-order valence-electron chi connectivity index (χ0n) is 10.8. The second kappa shape index (κ2) is 6.39. The van der Waals surface area contributed by atoms with Crippen LogP contribution < -0.4 is 10.6 Å². The van der Waals surface area contributed by atoms with Gasteiger partial charge in [0.1, 0.15) is 0 Å². The molecule has 106 valence electrons. The smallest absolute Gasteiger partial charge is 0.313 e. The topological polar surface area (TPSA) is 24.1 Å². The molecule has 1 unspecified atom stereocenters. The predicted molar refractivity (Wildman–Crippen MR) is 68.8 cm³/mol. The van der Waals surface area contributed by atoms with Gasteiger partial charge in [-0.1, -0.05) is 24.6 Å². The number of benzene rings is 1. The van der Waals surface area contributed by atoms with Crippen LogP contribution in [0.3, 0.4) is 0 Å². The number of rotatable bonds is 4. The highest BCUT2D eigenvalue weighted by Crippen LogP contribution is 2.31. The summed E-state index contributed by atoms with van der Waals surface area (Å²) in [5.74, 6) is 0. The first-order chi connectivity index (χ1) is 9.07. The monoisotopic (exact) mass is 272 g/mol. The fourth-order valence-corrected chi connectivity index (χ4v) is 2.43. The summed E-state index contributed by atoms with van der Waals surface area (Å²) in [6.45, 7) is 1.98. The van der Waals surface area contributed by atoms with Crippen LogP contribution in [0, 0.1) is 0 Å². The molecule has 0 saturated carbocycles. The molecule has 5 heteroatoms. The van der Waals surface area contributed by atoms with Crippen molar-refractivity contribution in [1.82, 2.24) is 10.6 Å². The van der Waals surface area contributed by atoms with E-state index in [2.05, 4.69) is 10.6 Å². The van der Waals surface area contributed by atoms with Gasteiger partial charge in [0.05, 0.1) is 5.56 Å². The number of hydrogen-bond donors (Lipinski definition) is 2. The third-order valence-corrected chi connectivity index (χ3v) is 3.44. The van der Waals surface area contributed by atoms with Gasteiger partial charge >= 0.3 is 6.18 Å². The molecular weight excluding hydrogens is 253 g/mol. The quantitative estimate of drug-likeness (QED) is 0.880. The molecule has 0 amide bonds. The first-order valence-electron chi connectivity index (χ1n) is 6.66. The number of hydrogen-bond acceptors (Lipinski definition) is 2. The zero-order chi connectivity index (χ0) is 13.7. The predicted octanol–water partition coefficient (Wildman–Crippen LogP) is 2.94. The van der Waals surface area contributed by atoms with Gasteiger partial charge in [-0.2, -0.15) is 13.2 Å². The lowest BCUT2D eigenvalue weighted by atomic mass is 10.0. The fraction of sp³-hybridized carbons (Fsp3) is 0.571. The SMILES string of the molecule is FC(F)(F)c1ccccc1CNCC1CCCCN1. The standard InChI is InChI=1S/C14H19F3N2/c15-14(16,17)13-7-2-1-5-11(13)9-18-10-12-6-3-4-8-19-12/h1-2,5,7,12,18-19H,3-4,6,8-10H2. The summed E-state index contributed by atoms with van der Waals surface area (Å²) in [7, 11) is 0. The highest BCUT2D eigenvalue weighted by atomic mass is 19.4. The van der Waals surface area contributed by atoms with E-state index >= 15 is 0 Å². The second-order valence-corrected chi connectivity index (χ2v) is 4.93. The van der Waals surface area contributed by atoms with E-state index < -0.39 is 11.7 Å². The fourth-order valence-electron chi connectivity index (χ4n) is 2.43. The van der Waals surface area contributed by atoms with Crippen LogP contribution in [0.25, 0.3) is 0 Å². The van der Waals surface area contributed by atoms with E-state index in [9.17, 15) is 13.2 Å². The Hall–Kier alpha value is -1.07. The summed E-state index contributed by atoms with van der Waals surface area (Å²) >= 11 is 0. The van der Waals surface area contributed by atoms with Crippen LogP contribution >= 0.6 is 0 Å². The van der Waals surface area contributed by atoms with Crippen molar-refractivity contribution >= 4 is 0 Å². The number of halogens is 3. The maximum Gasteiger partial charge on any atom is 0.416 e. The first kappa shape index (κ1) is 14.3. The summed E-state index contributed by atoms with van der Waals surface area (Å²) in [5.41, 5.74) is -0.232. The van der Waals surface area contributed by atoms with Gasteiger partial charge in [-0.05, 0) is 31.0 Å². The van der Waals surface area contributed by atoms with Gasteiger partial charge in [0, 0.05) is 19.1 Å². The van der Waals surface area contributed by atoms with Crippen molar-refractivity contribution in [2.75, 3.05) is 13.1 Å². The maximum atomic E-state index is 12.8. The van der Waals surface area contributed by atoms with Crippen molar-refractivity contribution < 1.29 is 13.2 Å².